The Morgan fingerprint density at radius 1 is 0.686 bits per heavy atom. The van der Waals surface area contributed by atoms with Gasteiger partial charge in [-0.15, -0.1) is 0 Å². The SMILES string of the molecule is CCCCCCCCCCCCCC[C@@H](CC[C@@H](C[C@@H](/C=C/C(=O)OCC)ONc1ccccc1)O[Si](C)(C)C(C)(C)C)O[Si](C)(C)C(C)(C)C. The Kier molecular flexibility index (Phi) is 23.1. The Bertz CT molecular complexity index is 1060. The zero-order chi connectivity index (χ0) is 38.4. The molecule has 0 spiro atoms. The normalized spacial score (nSPS) is 14.8. The van der Waals surface area contributed by atoms with Crippen LogP contribution in [0.25, 0.3) is 0 Å². The van der Waals surface area contributed by atoms with Crippen LogP contribution in [0.5, 0.6) is 0 Å². The van der Waals surface area contributed by atoms with E-state index in [1.165, 1.54) is 83.1 Å². The molecule has 1 aromatic rings. The van der Waals surface area contributed by atoms with Crippen LogP contribution in [0.3, 0.4) is 0 Å². The van der Waals surface area contributed by atoms with E-state index in [0.717, 1.165) is 24.9 Å². The molecule has 1 aromatic carbocycles. The predicted octanol–water partition coefficient (Wildman–Crippen LogP) is 13.6. The molecular formula is C43H81NO5Si2. The summed E-state index contributed by atoms with van der Waals surface area (Å²) in [5.74, 6) is -0.363. The summed E-state index contributed by atoms with van der Waals surface area (Å²) in [4.78, 5) is 18.6. The van der Waals surface area contributed by atoms with Crippen LogP contribution < -0.4 is 5.48 Å². The zero-order valence-electron chi connectivity index (χ0n) is 35.3. The van der Waals surface area contributed by atoms with Crippen molar-refractivity contribution in [3.05, 3.63) is 42.5 Å². The van der Waals surface area contributed by atoms with Crippen LogP contribution in [0.2, 0.25) is 36.3 Å². The summed E-state index contributed by atoms with van der Waals surface area (Å²) in [5, 5.41) is 0.218. The lowest BCUT2D eigenvalue weighted by Crippen LogP contribution is -2.46. The van der Waals surface area contributed by atoms with Gasteiger partial charge >= 0.3 is 5.97 Å². The summed E-state index contributed by atoms with van der Waals surface area (Å²) >= 11 is 0. The molecule has 0 fully saturated rings. The van der Waals surface area contributed by atoms with E-state index in [1.807, 2.05) is 43.3 Å². The molecule has 51 heavy (non-hydrogen) atoms. The number of nitrogens with one attached hydrogen (secondary N) is 1. The molecular weight excluding hydrogens is 667 g/mol. The molecule has 0 aliphatic rings. The van der Waals surface area contributed by atoms with Gasteiger partial charge in [0.05, 0.1) is 12.3 Å². The molecule has 0 bridgehead atoms. The third-order valence-corrected chi connectivity index (χ3v) is 20.1. The Morgan fingerprint density at radius 3 is 1.65 bits per heavy atom. The maximum absolute atomic E-state index is 12.3. The van der Waals surface area contributed by atoms with Crippen molar-refractivity contribution < 1.29 is 23.2 Å². The lowest BCUT2D eigenvalue weighted by Gasteiger charge is -2.41. The summed E-state index contributed by atoms with van der Waals surface area (Å²) in [6.45, 7) is 27.7. The molecule has 0 heterocycles. The molecule has 0 unspecified atom stereocenters. The first-order chi connectivity index (χ1) is 23.9. The van der Waals surface area contributed by atoms with E-state index < -0.39 is 16.6 Å². The first-order valence-corrected chi connectivity index (χ1v) is 26.4. The minimum absolute atomic E-state index is 0.0483. The summed E-state index contributed by atoms with van der Waals surface area (Å²) in [7, 11) is -4.07. The van der Waals surface area contributed by atoms with Gasteiger partial charge in [0, 0.05) is 24.7 Å². The van der Waals surface area contributed by atoms with Gasteiger partial charge in [0.1, 0.15) is 6.10 Å². The Labute approximate surface area is 317 Å². The fourth-order valence-electron chi connectivity index (χ4n) is 5.71. The van der Waals surface area contributed by atoms with Crippen molar-refractivity contribution in [1.29, 1.82) is 0 Å². The molecule has 1 rings (SSSR count). The fourth-order valence-corrected chi connectivity index (χ4v) is 8.53. The van der Waals surface area contributed by atoms with E-state index >= 15 is 0 Å². The van der Waals surface area contributed by atoms with Gasteiger partial charge in [0.15, 0.2) is 16.6 Å². The Balaban J connectivity index is 3.04. The maximum atomic E-state index is 12.3. The molecule has 3 atom stereocenters. The zero-order valence-corrected chi connectivity index (χ0v) is 37.3. The summed E-state index contributed by atoms with van der Waals surface area (Å²) in [6.07, 6.45) is 22.9. The second-order valence-corrected chi connectivity index (χ2v) is 27.2. The number of hydrogen-bond donors (Lipinski definition) is 1. The number of carbonyl (C=O) groups excluding carboxylic acids is 1. The minimum Gasteiger partial charge on any atom is -0.463 e. The largest absolute Gasteiger partial charge is 0.463 e. The topological polar surface area (TPSA) is 66.0 Å². The van der Waals surface area contributed by atoms with E-state index in [4.69, 9.17) is 18.4 Å². The van der Waals surface area contributed by atoms with Crippen molar-refractivity contribution in [2.75, 3.05) is 12.1 Å². The van der Waals surface area contributed by atoms with E-state index in [1.54, 1.807) is 0 Å². The molecule has 0 amide bonds. The minimum atomic E-state index is -2.11. The summed E-state index contributed by atoms with van der Waals surface area (Å²) in [6, 6.07) is 9.85. The number of para-hydroxylation sites is 1. The number of benzene rings is 1. The first-order valence-electron chi connectivity index (χ1n) is 20.6. The van der Waals surface area contributed by atoms with Gasteiger partial charge in [0.2, 0.25) is 0 Å². The van der Waals surface area contributed by atoms with Crippen LogP contribution >= 0.6 is 0 Å². The lowest BCUT2D eigenvalue weighted by molar-refractivity contribution is -0.137. The van der Waals surface area contributed by atoms with Crippen LogP contribution in [-0.4, -0.2) is 47.5 Å². The number of carbonyl (C=O) groups is 1. The molecule has 0 saturated carbocycles. The van der Waals surface area contributed by atoms with Gasteiger partial charge in [-0.25, -0.2) is 4.79 Å². The van der Waals surface area contributed by atoms with Gasteiger partial charge in [-0.05, 0) is 80.7 Å². The van der Waals surface area contributed by atoms with Crippen LogP contribution in [0.1, 0.15) is 158 Å². The fraction of sp³-hybridized carbons (Fsp3) is 0.791. The van der Waals surface area contributed by atoms with Gasteiger partial charge in [-0.3, -0.25) is 10.3 Å². The van der Waals surface area contributed by atoms with E-state index in [9.17, 15) is 4.79 Å². The molecule has 6 nitrogen and oxygen atoms in total. The van der Waals surface area contributed by atoms with Gasteiger partial charge < -0.3 is 13.6 Å². The van der Waals surface area contributed by atoms with Crippen LogP contribution in [0.4, 0.5) is 5.69 Å². The number of hydrogen-bond acceptors (Lipinski definition) is 6. The van der Waals surface area contributed by atoms with Gasteiger partial charge in [-0.2, -0.15) is 0 Å². The number of unbranched alkanes of at least 4 members (excludes halogenated alkanes) is 11. The van der Waals surface area contributed by atoms with E-state index in [2.05, 4.69) is 80.1 Å². The van der Waals surface area contributed by atoms with Crippen LogP contribution in [0, 0.1) is 0 Å². The van der Waals surface area contributed by atoms with Gasteiger partial charge in [0.25, 0.3) is 0 Å². The van der Waals surface area contributed by atoms with Crippen LogP contribution in [0.15, 0.2) is 42.5 Å². The molecule has 0 saturated heterocycles. The van der Waals surface area contributed by atoms with Gasteiger partial charge in [-0.1, -0.05) is 144 Å². The van der Waals surface area contributed by atoms with E-state index in [0.29, 0.717) is 13.0 Å². The Morgan fingerprint density at radius 2 is 1.16 bits per heavy atom. The average Bonchev–Trinajstić information content (AvgIpc) is 3.04. The van der Waals surface area contributed by atoms with Crippen molar-refractivity contribution in [2.24, 2.45) is 0 Å². The second-order valence-electron chi connectivity index (χ2n) is 17.7. The third kappa shape index (κ3) is 21.1. The third-order valence-electron chi connectivity index (χ3n) is 11.1. The highest BCUT2D eigenvalue weighted by Crippen LogP contribution is 2.40. The van der Waals surface area contributed by atoms with Crippen LogP contribution in [-0.2, 0) is 23.2 Å². The summed E-state index contributed by atoms with van der Waals surface area (Å²) < 4.78 is 19.5. The highest BCUT2D eigenvalue weighted by atomic mass is 28.4. The molecule has 0 aliphatic carbocycles. The molecule has 296 valence electrons. The standard InChI is InChI=1S/C43H81NO5Si2/c1-13-15-16-17-18-19-20-21-22-23-24-28-31-38(48-50(9,10)42(3,4)5)32-33-40(49-51(11,12)43(6,7)8)36-39(34-35-41(45)46-14-2)47-44-37-29-26-25-27-30-37/h25-27,29-30,34-35,38-40,44H,13-24,28,31-33,36H2,1-12H3/b35-34+/t38-,39+,40-/m0/s1. The quantitative estimate of drug-likeness (QED) is 0.0303. The molecule has 0 aromatic heterocycles. The van der Waals surface area contributed by atoms with Crippen molar-refractivity contribution in [3.8, 4) is 0 Å². The lowest BCUT2D eigenvalue weighted by atomic mass is 10.00. The monoisotopic (exact) mass is 748 g/mol. The van der Waals surface area contributed by atoms with Crippen molar-refractivity contribution in [2.45, 2.75) is 213 Å². The Hall–Kier alpha value is -1.46. The summed E-state index contributed by atoms with van der Waals surface area (Å²) in [5.41, 5.74) is 3.97. The van der Waals surface area contributed by atoms with E-state index in [-0.39, 0.29) is 34.4 Å². The van der Waals surface area contributed by atoms with Crippen molar-refractivity contribution >= 4 is 28.3 Å². The van der Waals surface area contributed by atoms with Crippen molar-refractivity contribution in [3.63, 3.8) is 0 Å². The number of esters is 1. The number of anilines is 1. The average molecular weight is 748 g/mol. The smallest absolute Gasteiger partial charge is 0.330 e. The van der Waals surface area contributed by atoms with Crippen molar-refractivity contribution in [1.82, 2.24) is 0 Å². The maximum Gasteiger partial charge on any atom is 0.330 e. The molecule has 0 aliphatic heterocycles. The molecule has 1 N–H and O–H groups in total. The first kappa shape index (κ1) is 47.6. The predicted molar refractivity (Wildman–Crippen MR) is 224 cm³/mol. The highest BCUT2D eigenvalue weighted by Gasteiger charge is 2.41. The molecule has 8 heteroatoms. The highest BCUT2D eigenvalue weighted by molar-refractivity contribution is 6.74. The number of ether oxygens (including phenoxy) is 1. The number of rotatable bonds is 28. The second kappa shape index (κ2) is 24.8. The molecule has 0 radical (unpaired) electrons.